The highest BCUT2D eigenvalue weighted by molar-refractivity contribution is 9.10. The Labute approximate surface area is 133 Å². The number of nitrogens with one attached hydrogen (secondary N) is 1. The van der Waals surface area contributed by atoms with Crippen molar-refractivity contribution in [1.29, 1.82) is 0 Å². The predicted molar refractivity (Wildman–Crippen MR) is 83.3 cm³/mol. The third-order valence-corrected chi connectivity index (χ3v) is 4.91. The van der Waals surface area contributed by atoms with Crippen molar-refractivity contribution in [2.45, 2.75) is 26.2 Å². The van der Waals surface area contributed by atoms with Crippen LogP contribution in [0.5, 0.6) is 0 Å². The van der Waals surface area contributed by atoms with Gasteiger partial charge in [0.2, 0.25) is 0 Å². The molecule has 1 saturated carbocycles. The van der Waals surface area contributed by atoms with E-state index in [0.29, 0.717) is 23.4 Å². The first-order valence-electron chi connectivity index (χ1n) is 7.30. The first-order chi connectivity index (χ1) is 9.98. The summed E-state index contributed by atoms with van der Waals surface area (Å²) in [5.74, 6) is -0.399. The minimum Gasteiger partial charge on any atom is -0.383 e. The second-order valence-corrected chi connectivity index (χ2v) is 6.95. The van der Waals surface area contributed by atoms with Gasteiger partial charge in [0.05, 0.1) is 11.1 Å². The second-order valence-electron chi connectivity index (χ2n) is 6.10. The summed E-state index contributed by atoms with van der Waals surface area (Å²) < 4.78 is 33.5. The molecule has 0 saturated heterocycles. The zero-order valence-electron chi connectivity index (χ0n) is 12.5. The fourth-order valence-corrected chi connectivity index (χ4v) is 3.19. The molecule has 118 valence electrons. The molecule has 2 rings (SSSR count). The lowest BCUT2D eigenvalue weighted by atomic mass is 9.78. The molecule has 0 aliphatic heterocycles. The van der Waals surface area contributed by atoms with E-state index in [9.17, 15) is 8.78 Å². The van der Waals surface area contributed by atoms with Crippen molar-refractivity contribution in [3.8, 4) is 0 Å². The van der Waals surface area contributed by atoms with Gasteiger partial charge in [0.25, 0.3) is 0 Å². The van der Waals surface area contributed by atoms with Crippen molar-refractivity contribution in [2.24, 2.45) is 11.3 Å². The van der Waals surface area contributed by atoms with Gasteiger partial charge in [0, 0.05) is 25.8 Å². The van der Waals surface area contributed by atoms with Crippen molar-refractivity contribution in [3.05, 3.63) is 33.8 Å². The number of ether oxygens (including phenoxy) is 1. The maximum atomic E-state index is 14.2. The minimum atomic E-state index is -0.473. The number of methoxy groups -OCH3 is 1. The lowest BCUT2D eigenvalue weighted by Crippen LogP contribution is -2.37. The standard InChI is InChI=1S/C16H22BrF2NO/c1-16(11-3-4-11,10-20-7-8-21-2)9-12-14(18)6-5-13(17)15(12)19/h5-6,11,20H,3-4,7-10H2,1-2H3. The van der Waals surface area contributed by atoms with Crippen molar-refractivity contribution in [1.82, 2.24) is 5.32 Å². The van der Waals surface area contributed by atoms with E-state index in [2.05, 4.69) is 28.2 Å². The Hall–Kier alpha value is -0.520. The number of halogens is 3. The van der Waals surface area contributed by atoms with Crippen LogP contribution in [0.15, 0.2) is 16.6 Å². The number of hydrogen-bond acceptors (Lipinski definition) is 2. The quantitative estimate of drug-likeness (QED) is 0.559. The zero-order chi connectivity index (χ0) is 15.5. The van der Waals surface area contributed by atoms with Crippen LogP contribution in [0.1, 0.15) is 25.3 Å². The van der Waals surface area contributed by atoms with Gasteiger partial charge in [-0.05, 0) is 58.7 Å². The molecule has 0 heterocycles. The predicted octanol–water partition coefficient (Wildman–Crippen LogP) is 3.92. The van der Waals surface area contributed by atoms with Gasteiger partial charge in [-0.25, -0.2) is 8.78 Å². The summed E-state index contributed by atoms with van der Waals surface area (Å²) in [7, 11) is 1.66. The Morgan fingerprint density at radius 1 is 1.38 bits per heavy atom. The molecule has 0 bridgehead atoms. The molecule has 1 unspecified atom stereocenters. The van der Waals surface area contributed by atoms with E-state index in [4.69, 9.17) is 4.74 Å². The number of hydrogen-bond donors (Lipinski definition) is 1. The molecule has 0 spiro atoms. The summed E-state index contributed by atoms with van der Waals surface area (Å²) in [6.45, 7) is 4.25. The maximum absolute atomic E-state index is 14.2. The third-order valence-electron chi connectivity index (χ3n) is 4.29. The molecule has 1 fully saturated rings. The molecule has 1 aromatic rings. The van der Waals surface area contributed by atoms with Gasteiger partial charge in [-0.15, -0.1) is 0 Å². The Bertz CT molecular complexity index is 493. The SMILES string of the molecule is COCCNCC(C)(Cc1c(F)ccc(Br)c1F)C1CC1. The van der Waals surface area contributed by atoms with E-state index in [-0.39, 0.29) is 11.0 Å². The average molecular weight is 362 g/mol. The minimum absolute atomic E-state index is 0.129. The molecule has 21 heavy (non-hydrogen) atoms. The lowest BCUT2D eigenvalue weighted by Gasteiger charge is -2.31. The number of benzene rings is 1. The highest BCUT2D eigenvalue weighted by Crippen LogP contribution is 2.47. The monoisotopic (exact) mass is 361 g/mol. The van der Waals surface area contributed by atoms with Crippen molar-refractivity contribution in [2.75, 3.05) is 26.8 Å². The van der Waals surface area contributed by atoms with Crippen molar-refractivity contribution < 1.29 is 13.5 Å². The zero-order valence-corrected chi connectivity index (χ0v) is 14.1. The molecular formula is C16H22BrF2NO. The molecule has 1 aliphatic rings. The average Bonchev–Trinajstić information content (AvgIpc) is 3.29. The largest absolute Gasteiger partial charge is 0.383 e. The van der Waals surface area contributed by atoms with Gasteiger partial charge in [-0.1, -0.05) is 6.92 Å². The van der Waals surface area contributed by atoms with Crippen LogP contribution < -0.4 is 5.32 Å². The fraction of sp³-hybridized carbons (Fsp3) is 0.625. The summed E-state index contributed by atoms with van der Waals surface area (Å²) >= 11 is 3.14. The van der Waals surface area contributed by atoms with Crippen LogP contribution >= 0.6 is 15.9 Å². The summed E-state index contributed by atoms with van der Waals surface area (Å²) in [5, 5.41) is 3.34. The number of rotatable bonds is 8. The molecule has 1 aromatic carbocycles. The molecule has 0 radical (unpaired) electrons. The van der Waals surface area contributed by atoms with E-state index < -0.39 is 11.6 Å². The van der Waals surface area contributed by atoms with Crippen molar-refractivity contribution in [3.63, 3.8) is 0 Å². The van der Waals surface area contributed by atoms with Crippen LogP contribution in [-0.4, -0.2) is 26.8 Å². The molecule has 2 nitrogen and oxygen atoms in total. The first kappa shape index (κ1) is 16.8. The van der Waals surface area contributed by atoms with E-state index in [1.807, 2.05) is 0 Å². The van der Waals surface area contributed by atoms with Gasteiger partial charge in [-0.3, -0.25) is 0 Å². The van der Waals surface area contributed by atoms with Gasteiger partial charge < -0.3 is 10.1 Å². The Morgan fingerprint density at radius 3 is 2.71 bits per heavy atom. The van der Waals surface area contributed by atoms with Crippen LogP contribution in [0.2, 0.25) is 0 Å². The maximum Gasteiger partial charge on any atom is 0.143 e. The highest BCUT2D eigenvalue weighted by Gasteiger charge is 2.42. The van der Waals surface area contributed by atoms with Crippen LogP contribution in [-0.2, 0) is 11.2 Å². The molecule has 1 N–H and O–H groups in total. The fourth-order valence-electron chi connectivity index (χ4n) is 2.81. The van der Waals surface area contributed by atoms with E-state index in [1.54, 1.807) is 7.11 Å². The highest BCUT2D eigenvalue weighted by atomic mass is 79.9. The summed E-state index contributed by atoms with van der Waals surface area (Å²) in [4.78, 5) is 0. The summed E-state index contributed by atoms with van der Waals surface area (Å²) in [5.41, 5.74) is 0.0586. The van der Waals surface area contributed by atoms with Gasteiger partial charge in [0.15, 0.2) is 0 Å². The summed E-state index contributed by atoms with van der Waals surface area (Å²) in [6, 6.07) is 2.74. The van der Waals surface area contributed by atoms with Crippen LogP contribution in [0.3, 0.4) is 0 Å². The van der Waals surface area contributed by atoms with E-state index in [0.717, 1.165) is 25.9 Å². The second kappa shape index (κ2) is 7.16. The molecule has 1 aliphatic carbocycles. The van der Waals surface area contributed by atoms with Crippen LogP contribution in [0.4, 0.5) is 8.78 Å². The van der Waals surface area contributed by atoms with Crippen molar-refractivity contribution >= 4 is 15.9 Å². The summed E-state index contributed by atoms with van der Waals surface area (Å²) in [6.07, 6.45) is 2.69. The molecular weight excluding hydrogens is 340 g/mol. The lowest BCUT2D eigenvalue weighted by molar-refractivity contribution is 0.186. The normalized spacial score (nSPS) is 17.8. The smallest absolute Gasteiger partial charge is 0.143 e. The van der Waals surface area contributed by atoms with Crippen LogP contribution in [0.25, 0.3) is 0 Å². The van der Waals surface area contributed by atoms with Crippen LogP contribution in [0, 0.1) is 23.0 Å². The van der Waals surface area contributed by atoms with E-state index >= 15 is 0 Å². The van der Waals surface area contributed by atoms with Gasteiger partial charge >= 0.3 is 0 Å². The first-order valence-corrected chi connectivity index (χ1v) is 8.09. The molecule has 1 atom stereocenters. The topological polar surface area (TPSA) is 21.3 Å². The van der Waals surface area contributed by atoms with Gasteiger partial charge in [0.1, 0.15) is 11.6 Å². The van der Waals surface area contributed by atoms with E-state index in [1.165, 1.54) is 12.1 Å². The Balaban J connectivity index is 2.11. The Morgan fingerprint density at radius 2 is 2.10 bits per heavy atom. The third kappa shape index (κ3) is 4.24. The molecule has 5 heteroatoms. The molecule has 0 amide bonds. The van der Waals surface area contributed by atoms with Gasteiger partial charge in [-0.2, -0.15) is 0 Å². The molecule has 0 aromatic heterocycles. The Kier molecular flexibility index (Phi) is 5.74.